The van der Waals surface area contributed by atoms with Gasteiger partial charge in [0.2, 0.25) is 11.8 Å². The summed E-state index contributed by atoms with van der Waals surface area (Å²) in [6.45, 7) is 2.84. The Morgan fingerprint density at radius 2 is 1.83 bits per heavy atom. The highest BCUT2D eigenvalue weighted by Crippen LogP contribution is 2.24. The van der Waals surface area contributed by atoms with Crippen molar-refractivity contribution in [2.75, 3.05) is 41.8 Å². The fourth-order valence-corrected chi connectivity index (χ4v) is 3.23. The minimum absolute atomic E-state index is 0.0414. The van der Waals surface area contributed by atoms with E-state index in [4.69, 9.17) is 4.74 Å². The first-order valence-corrected chi connectivity index (χ1v) is 9.56. The van der Waals surface area contributed by atoms with E-state index in [2.05, 4.69) is 35.5 Å². The molecule has 0 spiro atoms. The Balaban J connectivity index is 1.46. The van der Waals surface area contributed by atoms with E-state index in [1.807, 2.05) is 35.0 Å². The quantitative estimate of drug-likeness (QED) is 0.462. The Morgan fingerprint density at radius 1 is 0.933 bits per heavy atom. The van der Waals surface area contributed by atoms with Gasteiger partial charge in [-0.05, 0) is 12.1 Å². The molecule has 10 heteroatoms. The van der Waals surface area contributed by atoms with Crippen LogP contribution < -0.4 is 15.5 Å². The van der Waals surface area contributed by atoms with Gasteiger partial charge in [-0.3, -0.25) is 0 Å². The minimum atomic E-state index is -0.0414. The number of fused-ring (bicyclic) bond motifs is 1. The molecular formula is C20H20N8O2. The van der Waals surface area contributed by atoms with Gasteiger partial charge in [-0.25, -0.2) is 9.97 Å². The molecule has 0 amide bonds. The third kappa shape index (κ3) is 3.94. The van der Waals surface area contributed by atoms with Crippen molar-refractivity contribution >= 4 is 34.6 Å². The monoisotopic (exact) mass is 404 g/mol. The van der Waals surface area contributed by atoms with Crippen LogP contribution in [-0.2, 0) is 4.74 Å². The molecule has 30 heavy (non-hydrogen) atoms. The van der Waals surface area contributed by atoms with Gasteiger partial charge in [-0.15, -0.1) is 0 Å². The molecule has 0 bridgehead atoms. The van der Waals surface area contributed by atoms with Crippen molar-refractivity contribution in [2.24, 2.45) is 0 Å². The van der Waals surface area contributed by atoms with E-state index in [0.29, 0.717) is 30.7 Å². The molecule has 0 aliphatic carbocycles. The third-order valence-corrected chi connectivity index (χ3v) is 4.72. The van der Waals surface area contributed by atoms with Crippen molar-refractivity contribution in [2.45, 2.75) is 0 Å². The van der Waals surface area contributed by atoms with Gasteiger partial charge in [-0.1, -0.05) is 0 Å². The lowest BCUT2D eigenvalue weighted by Crippen LogP contribution is -2.36. The molecule has 0 aromatic carbocycles. The topological polar surface area (TPSA) is 113 Å². The van der Waals surface area contributed by atoms with Crippen LogP contribution in [0, 0.1) is 0 Å². The third-order valence-electron chi connectivity index (χ3n) is 4.72. The van der Waals surface area contributed by atoms with Gasteiger partial charge in [-0.2, -0.15) is 9.97 Å². The van der Waals surface area contributed by atoms with E-state index in [1.165, 1.54) is 12.3 Å². The Kier molecular flexibility index (Phi) is 4.74. The van der Waals surface area contributed by atoms with Crippen LogP contribution in [0.25, 0.3) is 5.65 Å². The zero-order valence-electron chi connectivity index (χ0n) is 16.1. The molecule has 1 aliphatic heterocycles. The molecule has 0 atom stereocenters. The van der Waals surface area contributed by atoms with Crippen LogP contribution in [0.4, 0.5) is 29.0 Å². The first-order chi connectivity index (χ1) is 14.7. The molecule has 0 unspecified atom stereocenters. The summed E-state index contributed by atoms with van der Waals surface area (Å²) in [5.74, 6) is 1.83. The second-order valence-electron chi connectivity index (χ2n) is 6.80. The number of hydrogen-bond acceptors (Lipinski definition) is 9. The molecule has 10 nitrogen and oxygen atoms in total. The summed E-state index contributed by atoms with van der Waals surface area (Å²) in [5.41, 5.74) is 2.39. The van der Waals surface area contributed by atoms with E-state index in [0.717, 1.165) is 30.2 Å². The number of rotatable bonds is 5. The highest BCUT2D eigenvalue weighted by atomic mass is 16.5. The SMILES string of the molecule is Oc1ccc(Nc2nc(Nc3ccn4ccnc4c3)cc(N3CCOCC3)n2)cn1. The number of pyridine rings is 2. The fourth-order valence-electron chi connectivity index (χ4n) is 3.23. The first kappa shape index (κ1) is 18.1. The van der Waals surface area contributed by atoms with Gasteiger partial charge >= 0.3 is 0 Å². The number of nitrogens with one attached hydrogen (secondary N) is 2. The van der Waals surface area contributed by atoms with E-state index >= 15 is 0 Å². The lowest BCUT2D eigenvalue weighted by Gasteiger charge is -2.28. The van der Waals surface area contributed by atoms with Crippen LogP contribution in [0.5, 0.6) is 5.88 Å². The van der Waals surface area contributed by atoms with Crippen LogP contribution in [0.3, 0.4) is 0 Å². The van der Waals surface area contributed by atoms with Crippen molar-refractivity contribution in [3.63, 3.8) is 0 Å². The van der Waals surface area contributed by atoms with Gasteiger partial charge < -0.3 is 29.8 Å². The summed E-state index contributed by atoms with van der Waals surface area (Å²) in [7, 11) is 0. The van der Waals surface area contributed by atoms with E-state index in [1.54, 1.807) is 12.3 Å². The first-order valence-electron chi connectivity index (χ1n) is 9.56. The summed E-state index contributed by atoms with van der Waals surface area (Å²) in [6.07, 6.45) is 7.12. The number of imidazole rings is 1. The van der Waals surface area contributed by atoms with Crippen LogP contribution in [0.15, 0.2) is 55.1 Å². The van der Waals surface area contributed by atoms with Gasteiger partial charge in [0, 0.05) is 55.6 Å². The number of aromatic hydroxyl groups is 1. The molecule has 152 valence electrons. The summed E-state index contributed by atoms with van der Waals surface area (Å²) in [4.78, 5) is 19.6. The highest BCUT2D eigenvalue weighted by Gasteiger charge is 2.15. The summed E-state index contributed by atoms with van der Waals surface area (Å²) >= 11 is 0. The predicted molar refractivity (Wildman–Crippen MR) is 113 cm³/mol. The summed E-state index contributed by atoms with van der Waals surface area (Å²) in [5, 5.41) is 15.9. The zero-order valence-corrected chi connectivity index (χ0v) is 16.1. The van der Waals surface area contributed by atoms with Gasteiger partial charge in [0.25, 0.3) is 0 Å². The van der Waals surface area contributed by atoms with Gasteiger partial charge in [0.1, 0.15) is 17.3 Å². The van der Waals surface area contributed by atoms with Gasteiger partial charge in [0.15, 0.2) is 0 Å². The number of morpholine rings is 1. The fraction of sp³-hybridized carbons (Fsp3) is 0.200. The van der Waals surface area contributed by atoms with E-state index < -0.39 is 0 Å². The van der Waals surface area contributed by atoms with Crippen molar-refractivity contribution in [1.82, 2.24) is 24.3 Å². The molecule has 0 saturated carbocycles. The normalized spacial score (nSPS) is 14.1. The smallest absolute Gasteiger partial charge is 0.231 e. The van der Waals surface area contributed by atoms with Crippen molar-refractivity contribution in [3.8, 4) is 5.88 Å². The number of anilines is 5. The molecule has 4 aromatic heterocycles. The molecule has 5 heterocycles. The van der Waals surface area contributed by atoms with E-state index in [-0.39, 0.29) is 5.88 Å². The van der Waals surface area contributed by atoms with Crippen molar-refractivity contribution in [3.05, 3.63) is 55.1 Å². The number of hydrogen-bond donors (Lipinski definition) is 3. The molecule has 4 aromatic rings. The standard InChI is InChI=1S/C20H20N8O2/c29-19-2-1-15(13-22-19)24-20-25-16(12-18(26-20)28-7-9-30-10-8-28)23-14-3-5-27-6-4-21-17(27)11-14/h1-6,11-13H,7-10H2,(H,22,29)(H2,23,24,25,26). The molecule has 3 N–H and O–H groups in total. The maximum Gasteiger partial charge on any atom is 0.231 e. The summed E-state index contributed by atoms with van der Waals surface area (Å²) < 4.78 is 7.40. The van der Waals surface area contributed by atoms with Crippen LogP contribution in [0.1, 0.15) is 0 Å². The molecule has 5 rings (SSSR count). The Bertz CT molecular complexity index is 1160. The van der Waals surface area contributed by atoms with Crippen LogP contribution in [0.2, 0.25) is 0 Å². The van der Waals surface area contributed by atoms with E-state index in [9.17, 15) is 5.11 Å². The summed E-state index contributed by atoms with van der Waals surface area (Å²) in [6, 6.07) is 9.05. The Labute approximate surface area is 172 Å². The average Bonchev–Trinajstić information content (AvgIpc) is 3.24. The second-order valence-corrected chi connectivity index (χ2v) is 6.80. The average molecular weight is 404 g/mol. The lowest BCUT2D eigenvalue weighted by molar-refractivity contribution is 0.122. The maximum absolute atomic E-state index is 9.40. The zero-order chi connectivity index (χ0) is 20.3. The Morgan fingerprint density at radius 3 is 2.67 bits per heavy atom. The lowest BCUT2D eigenvalue weighted by atomic mass is 10.3. The van der Waals surface area contributed by atoms with Gasteiger partial charge in [0.05, 0.1) is 25.1 Å². The highest BCUT2D eigenvalue weighted by molar-refractivity contribution is 5.66. The van der Waals surface area contributed by atoms with Crippen LogP contribution in [-0.4, -0.2) is 55.7 Å². The number of aromatic nitrogens is 5. The Hall–Kier alpha value is -3.92. The molecular weight excluding hydrogens is 384 g/mol. The number of nitrogens with zero attached hydrogens (tertiary/aromatic N) is 6. The number of ether oxygens (including phenoxy) is 1. The molecule has 1 saturated heterocycles. The second kappa shape index (κ2) is 7.84. The van der Waals surface area contributed by atoms with Crippen molar-refractivity contribution < 1.29 is 9.84 Å². The molecule has 1 fully saturated rings. The van der Waals surface area contributed by atoms with Crippen LogP contribution >= 0.6 is 0 Å². The predicted octanol–water partition coefficient (Wildman–Crippen LogP) is 2.55. The molecule has 1 aliphatic rings. The minimum Gasteiger partial charge on any atom is -0.493 e. The maximum atomic E-state index is 9.40. The largest absolute Gasteiger partial charge is 0.493 e. The molecule has 0 radical (unpaired) electrons. The van der Waals surface area contributed by atoms with Crippen molar-refractivity contribution in [1.29, 1.82) is 0 Å².